The molecule has 3 rings (SSSR count). The number of aryl methyl sites for hydroxylation is 2. The van der Waals surface area contributed by atoms with Crippen LogP contribution in [0.4, 0.5) is 5.69 Å². The highest BCUT2D eigenvalue weighted by molar-refractivity contribution is 14.0. The highest BCUT2D eigenvalue weighted by atomic mass is 127. The number of aliphatic imine (C=N–C) groups is 1. The van der Waals surface area contributed by atoms with Gasteiger partial charge >= 0.3 is 0 Å². The highest BCUT2D eigenvalue weighted by Crippen LogP contribution is 2.21. The molecule has 136 valence electrons. The lowest BCUT2D eigenvalue weighted by atomic mass is 10.1. The second kappa shape index (κ2) is 8.31. The largest absolute Gasteiger partial charge is 0.370 e. The van der Waals surface area contributed by atoms with Crippen LogP contribution in [0.2, 0.25) is 0 Å². The van der Waals surface area contributed by atoms with Gasteiger partial charge in [0.05, 0.1) is 17.7 Å². The fourth-order valence-corrected chi connectivity index (χ4v) is 2.95. The standard InChI is InChI=1S/C19H20N4O2.HI/c1-12-9-13(2)11-14(10-12)22-19(20)21-7-8-23-17(24)15-5-3-4-6-16(15)18(23)25;/h3-6,9-11H,7-8H2,1-2H3,(H3,20,21,22);1H. The number of hydrogen-bond donors (Lipinski definition) is 2. The summed E-state index contributed by atoms with van der Waals surface area (Å²) in [6.07, 6.45) is 0. The van der Waals surface area contributed by atoms with Crippen molar-refractivity contribution in [2.45, 2.75) is 13.8 Å². The summed E-state index contributed by atoms with van der Waals surface area (Å²) in [7, 11) is 0. The summed E-state index contributed by atoms with van der Waals surface area (Å²) in [5, 5.41) is 3.03. The number of amides is 2. The van der Waals surface area contributed by atoms with Crippen molar-refractivity contribution < 1.29 is 9.59 Å². The number of halogens is 1. The monoisotopic (exact) mass is 464 g/mol. The van der Waals surface area contributed by atoms with Crippen LogP contribution in [0.25, 0.3) is 0 Å². The van der Waals surface area contributed by atoms with Gasteiger partial charge in [0.15, 0.2) is 5.96 Å². The van der Waals surface area contributed by atoms with Gasteiger partial charge in [-0.2, -0.15) is 0 Å². The van der Waals surface area contributed by atoms with Crippen LogP contribution in [0.3, 0.4) is 0 Å². The third-order valence-corrected chi connectivity index (χ3v) is 3.98. The number of nitrogens with two attached hydrogens (primary N) is 1. The zero-order chi connectivity index (χ0) is 18.0. The predicted molar refractivity (Wildman–Crippen MR) is 113 cm³/mol. The Morgan fingerprint density at radius 2 is 1.58 bits per heavy atom. The van der Waals surface area contributed by atoms with Crippen LogP contribution in [0.5, 0.6) is 0 Å². The smallest absolute Gasteiger partial charge is 0.261 e. The minimum absolute atomic E-state index is 0. The number of benzene rings is 2. The zero-order valence-electron chi connectivity index (χ0n) is 14.7. The number of fused-ring (bicyclic) bond motifs is 1. The Morgan fingerprint density at radius 1 is 1.04 bits per heavy atom. The van der Waals surface area contributed by atoms with E-state index in [-0.39, 0.29) is 54.8 Å². The van der Waals surface area contributed by atoms with E-state index in [4.69, 9.17) is 5.73 Å². The number of carbonyl (C=O) groups is 2. The molecule has 0 aliphatic carbocycles. The second-order valence-corrected chi connectivity index (χ2v) is 6.08. The minimum atomic E-state index is -0.281. The molecular formula is C19H21IN4O2. The Labute approximate surface area is 169 Å². The molecule has 1 aliphatic heterocycles. The summed E-state index contributed by atoms with van der Waals surface area (Å²) in [4.78, 5) is 29.9. The molecule has 26 heavy (non-hydrogen) atoms. The van der Waals surface area contributed by atoms with Gasteiger partial charge in [-0.25, -0.2) is 0 Å². The molecule has 2 aromatic carbocycles. The lowest BCUT2D eigenvalue weighted by Crippen LogP contribution is -2.33. The molecule has 0 atom stereocenters. The molecule has 2 aromatic rings. The van der Waals surface area contributed by atoms with Crippen molar-refractivity contribution in [1.29, 1.82) is 0 Å². The summed E-state index contributed by atoms with van der Waals surface area (Å²) >= 11 is 0. The molecule has 0 aromatic heterocycles. The van der Waals surface area contributed by atoms with Crippen molar-refractivity contribution in [3.63, 3.8) is 0 Å². The summed E-state index contributed by atoms with van der Waals surface area (Å²) in [6, 6.07) is 12.8. The van der Waals surface area contributed by atoms with E-state index in [0.29, 0.717) is 11.1 Å². The van der Waals surface area contributed by atoms with E-state index in [0.717, 1.165) is 16.8 Å². The average Bonchev–Trinajstić information content (AvgIpc) is 2.79. The van der Waals surface area contributed by atoms with Gasteiger partial charge in [-0.3, -0.25) is 19.5 Å². The van der Waals surface area contributed by atoms with Gasteiger partial charge in [0.25, 0.3) is 11.8 Å². The number of nitrogens with zero attached hydrogens (tertiary/aromatic N) is 2. The topological polar surface area (TPSA) is 87.8 Å². The van der Waals surface area contributed by atoms with Crippen LogP contribution < -0.4 is 11.1 Å². The number of imide groups is 1. The average molecular weight is 464 g/mol. The molecular weight excluding hydrogens is 443 g/mol. The van der Waals surface area contributed by atoms with Crippen LogP contribution in [0.1, 0.15) is 31.8 Å². The molecule has 6 nitrogen and oxygen atoms in total. The fraction of sp³-hybridized carbons (Fsp3) is 0.211. The molecule has 0 spiro atoms. The Balaban J connectivity index is 0.00000243. The molecule has 7 heteroatoms. The summed E-state index contributed by atoms with van der Waals surface area (Å²) in [5.74, 6) is -0.310. The molecule has 0 fully saturated rings. The van der Waals surface area contributed by atoms with Crippen LogP contribution in [-0.4, -0.2) is 35.8 Å². The van der Waals surface area contributed by atoms with Crippen molar-refractivity contribution in [2.24, 2.45) is 10.7 Å². The van der Waals surface area contributed by atoms with Crippen LogP contribution in [0.15, 0.2) is 47.5 Å². The van der Waals surface area contributed by atoms with E-state index in [2.05, 4.69) is 16.4 Å². The first kappa shape index (κ1) is 19.9. The molecule has 0 saturated carbocycles. The molecule has 3 N–H and O–H groups in total. The van der Waals surface area contributed by atoms with E-state index in [1.165, 1.54) is 4.90 Å². The van der Waals surface area contributed by atoms with Crippen LogP contribution in [0, 0.1) is 13.8 Å². The minimum Gasteiger partial charge on any atom is -0.370 e. The lowest BCUT2D eigenvalue weighted by Gasteiger charge is -2.12. The first-order valence-electron chi connectivity index (χ1n) is 8.06. The Hall–Kier alpha value is -2.42. The van der Waals surface area contributed by atoms with Crippen molar-refractivity contribution in [2.75, 3.05) is 18.4 Å². The van der Waals surface area contributed by atoms with Crippen molar-refractivity contribution >= 4 is 47.4 Å². The Morgan fingerprint density at radius 3 is 2.12 bits per heavy atom. The second-order valence-electron chi connectivity index (χ2n) is 6.08. The van der Waals surface area contributed by atoms with Gasteiger partial charge in [-0.1, -0.05) is 18.2 Å². The van der Waals surface area contributed by atoms with Crippen molar-refractivity contribution in [3.8, 4) is 0 Å². The number of guanidine groups is 1. The fourth-order valence-electron chi connectivity index (χ4n) is 2.95. The van der Waals surface area contributed by atoms with Gasteiger partial charge in [-0.15, -0.1) is 24.0 Å². The molecule has 0 radical (unpaired) electrons. The number of carbonyl (C=O) groups excluding carboxylic acids is 2. The number of rotatable bonds is 4. The summed E-state index contributed by atoms with van der Waals surface area (Å²) in [5.41, 5.74) is 9.89. The quantitative estimate of drug-likeness (QED) is 0.315. The number of hydrogen-bond acceptors (Lipinski definition) is 3. The molecule has 0 bridgehead atoms. The first-order valence-corrected chi connectivity index (χ1v) is 8.06. The predicted octanol–water partition coefficient (Wildman–Crippen LogP) is 2.94. The van der Waals surface area contributed by atoms with Crippen molar-refractivity contribution in [1.82, 2.24) is 4.90 Å². The Bertz CT molecular complexity index is 824. The van der Waals surface area contributed by atoms with Gasteiger partial charge in [-0.05, 0) is 49.2 Å². The third-order valence-electron chi connectivity index (χ3n) is 3.98. The number of anilines is 1. The molecule has 1 aliphatic rings. The maximum absolute atomic E-state index is 12.3. The molecule has 0 unspecified atom stereocenters. The van der Waals surface area contributed by atoms with E-state index in [9.17, 15) is 9.59 Å². The normalized spacial score (nSPS) is 13.5. The Kier molecular flexibility index (Phi) is 6.36. The number of nitrogens with one attached hydrogen (secondary N) is 1. The van der Waals surface area contributed by atoms with E-state index >= 15 is 0 Å². The molecule has 0 saturated heterocycles. The maximum Gasteiger partial charge on any atom is 0.261 e. The van der Waals surface area contributed by atoms with E-state index in [1.54, 1.807) is 24.3 Å². The maximum atomic E-state index is 12.3. The SMILES string of the molecule is Cc1cc(C)cc(NC(N)=NCCN2C(=O)c3ccccc3C2=O)c1.I. The summed E-state index contributed by atoms with van der Waals surface area (Å²) < 4.78 is 0. The first-order chi connectivity index (χ1) is 12.0. The molecule has 2 amide bonds. The van der Waals surface area contributed by atoms with Gasteiger partial charge in [0.2, 0.25) is 0 Å². The van der Waals surface area contributed by atoms with Crippen LogP contribution in [-0.2, 0) is 0 Å². The lowest BCUT2D eigenvalue weighted by molar-refractivity contribution is 0.0659. The highest BCUT2D eigenvalue weighted by Gasteiger charge is 2.34. The van der Waals surface area contributed by atoms with E-state index < -0.39 is 0 Å². The van der Waals surface area contributed by atoms with Gasteiger partial charge in [0, 0.05) is 12.2 Å². The zero-order valence-corrected chi connectivity index (χ0v) is 17.0. The van der Waals surface area contributed by atoms with E-state index in [1.807, 2.05) is 26.0 Å². The van der Waals surface area contributed by atoms with Gasteiger partial charge in [0.1, 0.15) is 0 Å². The van der Waals surface area contributed by atoms with Gasteiger partial charge < -0.3 is 11.1 Å². The van der Waals surface area contributed by atoms with Crippen LogP contribution >= 0.6 is 24.0 Å². The summed E-state index contributed by atoms with van der Waals surface area (Å²) in [6.45, 7) is 4.46. The molecule has 1 heterocycles. The van der Waals surface area contributed by atoms with Crippen molar-refractivity contribution in [3.05, 3.63) is 64.7 Å². The third kappa shape index (κ3) is 4.21.